The molecule has 0 N–H and O–H groups in total. The van der Waals surface area contributed by atoms with Gasteiger partial charge in [0.05, 0.1) is 38.3 Å². The minimum absolute atomic E-state index is 0.913. The lowest BCUT2D eigenvalue weighted by Gasteiger charge is -2.12. The first-order chi connectivity index (χ1) is 24.3. The van der Waals surface area contributed by atoms with Crippen LogP contribution in [-0.4, -0.2) is 15.0 Å². The summed E-state index contributed by atoms with van der Waals surface area (Å²) in [6, 6.07) is 57.6. The van der Waals surface area contributed by atoms with E-state index in [2.05, 4.69) is 146 Å². The Labute approximate surface area is 286 Å². The third-order valence-corrected chi connectivity index (χ3v) is 10.6. The van der Waals surface area contributed by atoms with E-state index in [4.69, 9.17) is 15.0 Å². The van der Waals surface area contributed by atoms with Crippen LogP contribution in [0.3, 0.4) is 0 Å². The zero-order valence-corrected chi connectivity index (χ0v) is 27.2. The van der Waals surface area contributed by atoms with E-state index in [9.17, 15) is 0 Å². The molecule has 0 aliphatic carbocycles. The Morgan fingerprint density at radius 2 is 0.918 bits per heavy atom. The largest absolute Gasteiger partial charge is 0.246 e. The minimum atomic E-state index is 0.913. The number of rotatable bonds is 4. The molecule has 3 nitrogen and oxygen atoms in total. The maximum Gasteiger partial charge on any atom is 0.0972 e. The summed E-state index contributed by atoms with van der Waals surface area (Å²) in [6.45, 7) is 0. The lowest BCUT2D eigenvalue weighted by atomic mass is 9.96. The molecule has 0 spiro atoms. The fraction of sp³-hybridized carbons (Fsp3) is 0. The number of para-hydroxylation sites is 1. The number of nitrogens with zero attached hydrogens (tertiary/aromatic N) is 3. The van der Waals surface area contributed by atoms with E-state index >= 15 is 0 Å². The lowest BCUT2D eigenvalue weighted by molar-refractivity contribution is 1.36. The Morgan fingerprint density at radius 3 is 1.61 bits per heavy atom. The number of pyridine rings is 3. The molecule has 4 heterocycles. The summed E-state index contributed by atoms with van der Waals surface area (Å²) in [7, 11) is 0. The third-order valence-electron chi connectivity index (χ3n) is 9.47. The van der Waals surface area contributed by atoms with Gasteiger partial charge in [0.2, 0.25) is 0 Å². The fourth-order valence-corrected chi connectivity index (χ4v) is 8.28. The predicted octanol–water partition coefficient (Wildman–Crippen LogP) is 12.4. The van der Waals surface area contributed by atoms with Crippen molar-refractivity contribution in [2.24, 2.45) is 0 Å². The van der Waals surface area contributed by atoms with Gasteiger partial charge in [0, 0.05) is 53.9 Å². The van der Waals surface area contributed by atoms with Crippen molar-refractivity contribution in [3.05, 3.63) is 164 Å². The number of fused-ring (bicyclic) bond motifs is 8. The van der Waals surface area contributed by atoms with Crippen molar-refractivity contribution < 1.29 is 0 Å². The molecule has 0 bridgehead atoms. The summed E-state index contributed by atoms with van der Waals surface area (Å²) in [5, 5.41) is 5.89. The van der Waals surface area contributed by atoms with Crippen LogP contribution in [0.5, 0.6) is 0 Å². The molecule has 0 fully saturated rings. The summed E-state index contributed by atoms with van der Waals surface area (Å²) in [4.78, 5) is 15.7. The van der Waals surface area contributed by atoms with Gasteiger partial charge in [-0.05, 0) is 23.8 Å². The number of benzene rings is 6. The molecular formula is C45H27N3S. The van der Waals surface area contributed by atoms with Crippen molar-refractivity contribution in [1.29, 1.82) is 0 Å². The predicted molar refractivity (Wildman–Crippen MR) is 207 cm³/mol. The monoisotopic (exact) mass is 641 g/mol. The van der Waals surface area contributed by atoms with Crippen LogP contribution in [0, 0.1) is 0 Å². The molecule has 0 amide bonds. The minimum Gasteiger partial charge on any atom is -0.246 e. The summed E-state index contributed by atoms with van der Waals surface area (Å²) in [6.07, 6.45) is 0. The number of hydrogen-bond acceptors (Lipinski definition) is 4. The molecule has 0 saturated heterocycles. The first-order valence-electron chi connectivity index (χ1n) is 16.4. The van der Waals surface area contributed by atoms with Crippen LogP contribution < -0.4 is 0 Å². The van der Waals surface area contributed by atoms with Crippen LogP contribution in [-0.2, 0) is 0 Å². The van der Waals surface area contributed by atoms with Crippen LogP contribution in [0.25, 0.3) is 97.8 Å². The Morgan fingerprint density at radius 1 is 0.367 bits per heavy atom. The average Bonchev–Trinajstić information content (AvgIpc) is 3.58. The van der Waals surface area contributed by atoms with Crippen molar-refractivity contribution in [2.75, 3.05) is 0 Å². The summed E-state index contributed by atoms with van der Waals surface area (Å²) >= 11 is 1.83. The molecule has 0 radical (unpaired) electrons. The van der Waals surface area contributed by atoms with Gasteiger partial charge < -0.3 is 0 Å². The van der Waals surface area contributed by atoms with Crippen LogP contribution in [0.15, 0.2) is 164 Å². The molecule has 0 unspecified atom stereocenters. The molecular weight excluding hydrogens is 615 g/mol. The van der Waals surface area contributed by atoms with Gasteiger partial charge in [-0.25, -0.2) is 15.0 Å². The van der Waals surface area contributed by atoms with E-state index in [0.29, 0.717) is 0 Å². The highest BCUT2D eigenvalue weighted by molar-refractivity contribution is 7.26. The van der Waals surface area contributed by atoms with Gasteiger partial charge in [0.1, 0.15) is 0 Å². The van der Waals surface area contributed by atoms with E-state index in [-0.39, 0.29) is 0 Å². The second-order valence-corrected chi connectivity index (χ2v) is 13.4. The van der Waals surface area contributed by atoms with Gasteiger partial charge in [-0.15, -0.1) is 11.3 Å². The van der Waals surface area contributed by atoms with Crippen molar-refractivity contribution in [2.45, 2.75) is 0 Å². The topological polar surface area (TPSA) is 38.7 Å². The van der Waals surface area contributed by atoms with Crippen molar-refractivity contribution in [3.63, 3.8) is 0 Å². The Hall–Kier alpha value is -6.23. The fourth-order valence-electron chi connectivity index (χ4n) is 7.05. The van der Waals surface area contributed by atoms with Crippen LogP contribution in [0.2, 0.25) is 0 Å². The van der Waals surface area contributed by atoms with Gasteiger partial charge in [-0.1, -0.05) is 146 Å². The Kier molecular flexibility index (Phi) is 6.36. The Balaban J connectivity index is 1.11. The second kappa shape index (κ2) is 11.2. The van der Waals surface area contributed by atoms with Crippen molar-refractivity contribution >= 4 is 64.2 Å². The molecule has 4 heteroatoms. The van der Waals surface area contributed by atoms with Gasteiger partial charge in [-0.2, -0.15) is 0 Å². The quantitative estimate of drug-likeness (QED) is 0.180. The number of aromatic nitrogens is 3. The molecule has 4 aromatic heterocycles. The normalized spacial score (nSPS) is 11.7. The lowest BCUT2D eigenvalue weighted by Crippen LogP contribution is -1.92. The van der Waals surface area contributed by atoms with Crippen molar-refractivity contribution in [1.82, 2.24) is 15.0 Å². The molecule has 0 atom stereocenters. The van der Waals surface area contributed by atoms with Gasteiger partial charge in [0.25, 0.3) is 0 Å². The molecule has 6 aromatic carbocycles. The highest BCUT2D eigenvalue weighted by atomic mass is 32.1. The SMILES string of the molecule is c1ccc(-c2ccc3ccc4ccc(-c5ccc(-c6cccc7c6nc(-c6ccccc6)c6sc8ccccc8c67)cc5)nc4c3n2)cc1. The van der Waals surface area contributed by atoms with Crippen LogP contribution >= 0.6 is 11.3 Å². The van der Waals surface area contributed by atoms with E-state index < -0.39 is 0 Å². The maximum atomic E-state index is 5.41. The number of hydrogen-bond donors (Lipinski definition) is 0. The standard InChI is InChI=1S/C45H27N3S/c1-3-10-29(11-4-1)37-26-24-32-22-23-33-25-27-38(47-42(33)41(32)46-37)30-20-18-28(19-21-30)34-15-9-16-36-40-35-14-7-8-17-39(35)49-45(40)43(48-44(34)36)31-12-5-2-6-13-31/h1-27H. The molecule has 0 saturated carbocycles. The van der Waals surface area contributed by atoms with E-state index in [1.54, 1.807) is 0 Å². The molecule has 10 rings (SSSR count). The first kappa shape index (κ1) is 27.8. The molecule has 0 aliphatic rings. The van der Waals surface area contributed by atoms with E-state index in [1.807, 2.05) is 29.5 Å². The van der Waals surface area contributed by atoms with E-state index in [0.717, 1.165) is 72.2 Å². The molecule has 228 valence electrons. The average molecular weight is 642 g/mol. The van der Waals surface area contributed by atoms with Gasteiger partial charge in [0.15, 0.2) is 0 Å². The third kappa shape index (κ3) is 4.61. The van der Waals surface area contributed by atoms with Crippen LogP contribution in [0.4, 0.5) is 0 Å². The summed E-state index contributed by atoms with van der Waals surface area (Å²) in [5.41, 5.74) is 11.3. The Bertz CT molecular complexity index is 2860. The summed E-state index contributed by atoms with van der Waals surface area (Å²) in [5.74, 6) is 0. The molecule has 0 aliphatic heterocycles. The molecule has 49 heavy (non-hydrogen) atoms. The second-order valence-electron chi connectivity index (χ2n) is 12.4. The van der Waals surface area contributed by atoms with Crippen molar-refractivity contribution in [3.8, 4) is 44.9 Å². The maximum absolute atomic E-state index is 5.41. The highest BCUT2D eigenvalue weighted by Gasteiger charge is 2.18. The molecule has 10 aromatic rings. The van der Waals surface area contributed by atoms with E-state index in [1.165, 1.54) is 25.6 Å². The number of thiophene rings is 1. The van der Waals surface area contributed by atoms with Crippen LogP contribution in [0.1, 0.15) is 0 Å². The highest BCUT2D eigenvalue weighted by Crippen LogP contribution is 2.44. The zero-order chi connectivity index (χ0) is 32.3. The van der Waals surface area contributed by atoms with Gasteiger partial charge >= 0.3 is 0 Å². The first-order valence-corrected chi connectivity index (χ1v) is 17.3. The smallest absolute Gasteiger partial charge is 0.0972 e. The summed E-state index contributed by atoms with van der Waals surface area (Å²) < 4.78 is 2.51. The van der Waals surface area contributed by atoms with Gasteiger partial charge in [-0.3, -0.25) is 0 Å². The zero-order valence-electron chi connectivity index (χ0n) is 26.3.